The van der Waals surface area contributed by atoms with Crippen LogP contribution in [0.4, 0.5) is 0 Å². The van der Waals surface area contributed by atoms with Crippen LogP contribution in [0.1, 0.15) is 24.3 Å². The molecule has 6 nitrogen and oxygen atoms in total. The fourth-order valence-corrected chi connectivity index (χ4v) is 1.01. The average Bonchev–Trinajstić information content (AvgIpc) is 2.62. The smallest absolute Gasteiger partial charge is 0.323 e. The second-order valence-corrected chi connectivity index (χ2v) is 3.99. The van der Waals surface area contributed by atoms with Crippen LogP contribution in [-0.2, 0) is 0 Å². The molecule has 1 heterocycles. The summed E-state index contributed by atoms with van der Waals surface area (Å²) in [5.74, 6) is -0.340. The SMILES string of the molecule is CN(C(=O)c1c[nH]c(=O)[nH]1)C(C)(C)CO. The van der Waals surface area contributed by atoms with Crippen LogP contribution in [0.5, 0.6) is 0 Å². The molecule has 0 radical (unpaired) electrons. The second kappa shape index (κ2) is 3.90. The molecule has 0 spiro atoms. The average molecular weight is 213 g/mol. The van der Waals surface area contributed by atoms with E-state index in [1.54, 1.807) is 20.9 Å². The minimum Gasteiger partial charge on any atom is -0.394 e. The highest BCUT2D eigenvalue weighted by atomic mass is 16.3. The van der Waals surface area contributed by atoms with Gasteiger partial charge in [-0.15, -0.1) is 0 Å². The Morgan fingerprint density at radius 2 is 2.20 bits per heavy atom. The van der Waals surface area contributed by atoms with Crippen molar-refractivity contribution in [2.45, 2.75) is 19.4 Å². The number of rotatable bonds is 3. The van der Waals surface area contributed by atoms with Crippen LogP contribution >= 0.6 is 0 Å². The van der Waals surface area contributed by atoms with Gasteiger partial charge >= 0.3 is 5.69 Å². The Labute approximate surface area is 86.9 Å². The van der Waals surface area contributed by atoms with Crippen LogP contribution in [0.2, 0.25) is 0 Å². The molecule has 0 unspecified atom stereocenters. The lowest BCUT2D eigenvalue weighted by Crippen LogP contribution is -2.47. The van der Waals surface area contributed by atoms with Crippen molar-refractivity contribution in [2.75, 3.05) is 13.7 Å². The van der Waals surface area contributed by atoms with Crippen molar-refractivity contribution in [3.8, 4) is 0 Å². The molecule has 0 aliphatic carbocycles. The number of aliphatic hydroxyl groups excluding tert-OH is 1. The van der Waals surface area contributed by atoms with Crippen LogP contribution in [0, 0.1) is 0 Å². The third kappa shape index (κ3) is 2.27. The molecule has 0 saturated carbocycles. The number of aromatic nitrogens is 2. The lowest BCUT2D eigenvalue weighted by Gasteiger charge is -2.33. The van der Waals surface area contributed by atoms with Gasteiger partial charge in [-0.05, 0) is 13.8 Å². The van der Waals surface area contributed by atoms with Gasteiger partial charge in [0.15, 0.2) is 0 Å². The first-order chi connectivity index (χ1) is 6.88. The van der Waals surface area contributed by atoms with Crippen molar-refractivity contribution in [3.05, 3.63) is 22.4 Å². The van der Waals surface area contributed by atoms with Crippen molar-refractivity contribution < 1.29 is 9.90 Å². The molecule has 15 heavy (non-hydrogen) atoms. The van der Waals surface area contributed by atoms with Gasteiger partial charge in [-0.25, -0.2) is 4.79 Å². The normalized spacial score (nSPS) is 11.5. The molecule has 0 saturated heterocycles. The summed E-state index contributed by atoms with van der Waals surface area (Å²) in [6.45, 7) is 3.31. The van der Waals surface area contributed by atoms with E-state index in [9.17, 15) is 9.59 Å². The zero-order valence-electron chi connectivity index (χ0n) is 9.00. The predicted molar refractivity (Wildman–Crippen MR) is 54.7 cm³/mol. The molecule has 3 N–H and O–H groups in total. The molecule has 0 atom stereocenters. The largest absolute Gasteiger partial charge is 0.394 e. The lowest BCUT2D eigenvalue weighted by molar-refractivity contribution is 0.0468. The predicted octanol–water partition coefficient (Wildman–Crippen LogP) is -0.454. The highest BCUT2D eigenvalue weighted by Crippen LogP contribution is 2.13. The zero-order valence-corrected chi connectivity index (χ0v) is 9.00. The molecular formula is C9H15N3O3. The van der Waals surface area contributed by atoms with E-state index in [2.05, 4.69) is 9.97 Å². The van der Waals surface area contributed by atoms with Crippen LogP contribution in [0.3, 0.4) is 0 Å². The molecule has 1 amide bonds. The van der Waals surface area contributed by atoms with E-state index in [0.29, 0.717) is 0 Å². The standard InChI is InChI=1S/C9H15N3O3/c1-9(2,5-13)12(3)7(14)6-4-10-8(15)11-6/h4,13H,5H2,1-3H3,(H2,10,11,15). The van der Waals surface area contributed by atoms with Crippen LogP contribution < -0.4 is 5.69 Å². The summed E-state index contributed by atoms with van der Waals surface area (Å²) in [5, 5.41) is 9.09. The first-order valence-corrected chi connectivity index (χ1v) is 4.55. The quantitative estimate of drug-likeness (QED) is 0.635. The van der Waals surface area contributed by atoms with Gasteiger partial charge in [-0.3, -0.25) is 4.79 Å². The Morgan fingerprint density at radius 3 is 2.60 bits per heavy atom. The van der Waals surface area contributed by atoms with Gasteiger partial charge in [0.05, 0.1) is 12.1 Å². The molecular weight excluding hydrogens is 198 g/mol. The zero-order chi connectivity index (χ0) is 11.6. The molecule has 1 aromatic rings. The van der Waals surface area contributed by atoms with Crippen LogP contribution in [-0.4, -0.2) is 45.1 Å². The maximum atomic E-state index is 11.8. The molecule has 84 valence electrons. The number of imidazole rings is 1. The molecule has 0 aromatic carbocycles. The van der Waals surface area contributed by atoms with Crippen molar-refractivity contribution in [1.29, 1.82) is 0 Å². The number of aromatic amines is 2. The van der Waals surface area contributed by atoms with Crippen LogP contribution in [0.15, 0.2) is 11.0 Å². The second-order valence-electron chi connectivity index (χ2n) is 3.99. The minimum absolute atomic E-state index is 0.149. The van der Waals surface area contributed by atoms with Gasteiger partial charge in [0, 0.05) is 13.2 Å². The summed E-state index contributed by atoms with van der Waals surface area (Å²) >= 11 is 0. The Hall–Kier alpha value is -1.56. The van der Waals surface area contributed by atoms with Crippen molar-refractivity contribution in [3.63, 3.8) is 0 Å². The van der Waals surface area contributed by atoms with Crippen molar-refractivity contribution >= 4 is 5.91 Å². The fraction of sp³-hybridized carbons (Fsp3) is 0.556. The van der Waals surface area contributed by atoms with Crippen molar-refractivity contribution in [2.24, 2.45) is 0 Å². The Morgan fingerprint density at radius 1 is 1.60 bits per heavy atom. The van der Waals surface area contributed by atoms with Crippen molar-refractivity contribution in [1.82, 2.24) is 14.9 Å². The third-order valence-electron chi connectivity index (χ3n) is 2.43. The first-order valence-electron chi connectivity index (χ1n) is 4.55. The number of hydrogen-bond acceptors (Lipinski definition) is 3. The summed E-state index contributed by atoms with van der Waals surface area (Å²) in [5.41, 5.74) is -0.900. The van der Waals surface area contributed by atoms with E-state index >= 15 is 0 Å². The van der Waals surface area contributed by atoms with E-state index in [1.165, 1.54) is 11.1 Å². The summed E-state index contributed by atoms with van der Waals surface area (Å²) in [6, 6.07) is 0. The monoisotopic (exact) mass is 213 g/mol. The number of likely N-dealkylation sites (N-methyl/N-ethyl adjacent to an activating group) is 1. The van der Waals surface area contributed by atoms with E-state index in [4.69, 9.17) is 5.11 Å². The van der Waals surface area contributed by atoms with Crippen LogP contribution in [0.25, 0.3) is 0 Å². The van der Waals surface area contributed by atoms with E-state index in [-0.39, 0.29) is 18.2 Å². The van der Waals surface area contributed by atoms with Gasteiger partial charge in [-0.2, -0.15) is 0 Å². The highest BCUT2D eigenvalue weighted by Gasteiger charge is 2.28. The summed E-state index contributed by atoms with van der Waals surface area (Å²) < 4.78 is 0. The summed E-state index contributed by atoms with van der Waals surface area (Å²) in [7, 11) is 1.57. The highest BCUT2D eigenvalue weighted by molar-refractivity contribution is 5.92. The van der Waals surface area contributed by atoms with Gasteiger partial charge in [0.2, 0.25) is 0 Å². The molecule has 1 rings (SSSR count). The van der Waals surface area contributed by atoms with Gasteiger partial charge in [0.25, 0.3) is 5.91 Å². The molecule has 1 aromatic heterocycles. The molecule has 0 aliphatic rings. The Balaban J connectivity index is 2.91. The minimum atomic E-state index is -0.661. The molecule has 0 fully saturated rings. The Kier molecular flexibility index (Phi) is 2.99. The maximum absolute atomic E-state index is 11.8. The molecule has 6 heteroatoms. The third-order valence-corrected chi connectivity index (χ3v) is 2.43. The van der Waals surface area contributed by atoms with Gasteiger partial charge in [-0.1, -0.05) is 0 Å². The molecule has 0 bridgehead atoms. The Bertz CT molecular complexity index is 405. The number of nitrogens with zero attached hydrogens (tertiary/aromatic N) is 1. The number of carbonyl (C=O) groups excluding carboxylic acids is 1. The number of carbonyl (C=O) groups is 1. The fourth-order valence-electron chi connectivity index (χ4n) is 1.01. The van der Waals surface area contributed by atoms with E-state index < -0.39 is 11.2 Å². The van der Waals surface area contributed by atoms with Gasteiger partial charge < -0.3 is 20.0 Å². The number of H-pyrrole nitrogens is 2. The van der Waals surface area contributed by atoms with E-state index in [0.717, 1.165) is 0 Å². The topological polar surface area (TPSA) is 89.2 Å². The van der Waals surface area contributed by atoms with E-state index in [1.807, 2.05) is 0 Å². The molecule has 0 aliphatic heterocycles. The summed E-state index contributed by atoms with van der Waals surface area (Å²) in [6.07, 6.45) is 1.31. The van der Waals surface area contributed by atoms with Gasteiger partial charge in [0.1, 0.15) is 5.69 Å². The number of aliphatic hydroxyl groups is 1. The number of nitrogens with one attached hydrogen (secondary N) is 2. The summed E-state index contributed by atoms with van der Waals surface area (Å²) in [4.78, 5) is 28.7. The first kappa shape index (κ1) is 11.5. The lowest BCUT2D eigenvalue weighted by atomic mass is 10.1. The maximum Gasteiger partial charge on any atom is 0.323 e. The number of hydrogen-bond donors (Lipinski definition) is 3. The number of amides is 1.